The number of aromatic nitrogens is 1. The van der Waals surface area contributed by atoms with Crippen molar-refractivity contribution in [2.45, 2.75) is 10.6 Å². The Kier molecular flexibility index (Phi) is 4.84. The fourth-order valence-corrected chi connectivity index (χ4v) is 4.74. The van der Waals surface area contributed by atoms with Gasteiger partial charge in [-0.15, -0.1) is 0 Å². The number of hydrogen-bond acceptors (Lipinski definition) is 4. The number of fused-ring (bicyclic) bond motifs is 1. The Bertz CT molecular complexity index is 1240. The zero-order valence-electron chi connectivity index (χ0n) is 15.4. The molecule has 0 unspecified atom stereocenters. The molecule has 0 atom stereocenters. The molecule has 4 aromatic rings. The van der Waals surface area contributed by atoms with Crippen LogP contribution in [0.15, 0.2) is 90.0 Å². The maximum Gasteiger partial charge on any atom is 0.186 e. The molecule has 140 valence electrons. The first-order valence-electron chi connectivity index (χ1n) is 8.87. The number of rotatable bonds is 5. The molecule has 0 aliphatic heterocycles. The summed E-state index contributed by atoms with van der Waals surface area (Å²) in [6.45, 7) is 0. The van der Waals surface area contributed by atoms with E-state index in [2.05, 4.69) is 4.98 Å². The van der Waals surface area contributed by atoms with Crippen LogP contribution < -0.4 is 4.74 Å². The molecule has 4 rings (SSSR count). The van der Waals surface area contributed by atoms with Gasteiger partial charge in [0.05, 0.1) is 18.4 Å². The van der Waals surface area contributed by atoms with Gasteiger partial charge in [0.15, 0.2) is 9.84 Å². The predicted octanol–water partition coefficient (Wildman–Crippen LogP) is 4.88. The predicted molar refractivity (Wildman–Crippen MR) is 111 cm³/mol. The SMILES string of the molecule is COc1ccc(-c2ccccc2)cc1S(=O)(=O)Cc1cnc2ccccc2c1. The molecule has 3 aromatic carbocycles. The molecule has 1 aromatic heterocycles. The highest BCUT2D eigenvalue weighted by atomic mass is 32.2. The second-order valence-corrected chi connectivity index (χ2v) is 8.49. The van der Waals surface area contributed by atoms with E-state index in [4.69, 9.17) is 4.74 Å². The van der Waals surface area contributed by atoms with Crippen molar-refractivity contribution in [3.8, 4) is 16.9 Å². The molecule has 4 nitrogen and oxygen atoms in total. The van der Waals surface area contributed by atoms with Crippen LogP contribution >= 0.6 is 0 Å². The molecule has 0 aliphatic rings. The molecule has 28 heavy (non-hydrogen) atoms. The van der Waals surface area contributed by atoms with Gasteiger partial charge in [-0.2, -0.15) is 0 Å². The molecule has 0 bridgehead atoms. The summed E-state index contributed by atoms with van der Waals surface area (Å²) in [5, 5.41) is 0.917. The van der Waals surface area contributed by atoms with Crippen LogP contribution in [-0.4, -0.2) is 20.5 Å². The van der Waals surface area contributed by atoms with E-state index in [1.165, 1.54) is 7.11 Å². The highest BCUT2D eigenvalue weighted by molar-refractivity contribution is 7.90. The molecule has 0 saturated heterocycles. The van der Waals surface area contributed by atoms with E-state index in [0.717, 1.165) is 22.0 Å². The number of nitrogens with zero attached hydrogens (tertiary/aromatic N) is 1. The van der Waals surface area contributed by atoms with E-state index in [9.17, 15) is 8.42 Å². The van der Waals surface area contributed by atoms with Gasteiger partial charge in [0.25, 0.3) is 0 Å². The molecule has 0 radical (unpaired) electrons. The average molecular weight is 389 g/mol. The minimum Gasteiger partial charge on any atom is -0.495 e. The number of para-hydroxylation sites is 1. The van der Waals surface area contributed by atoms with Crippen molar-refractivity contribution in [3.63, 3.8) is 0 Å². The smallest absolute Gasteiger partial charge is 0.186 e. The minimum absolute atomic E-state index is 0.139. The fourth-order valence-electron chi connectivity index (χ4n) is 3.22. The molecule has 5 heteroatoms. The molecule has 0 saturated carbocycles. The summed E-state index contributed by atoms with van der Waals surface area (Å²) >= 11 is 0. The number of ether oxygens (including phenoxy) is 1. The minimum atomic E-state index is -3.62. The van der Waals surface area contributed by atoms with Gasteiger partial charge in [0, 0.05) is 11.6 Å². The lowest BCUT2D eigenvalue weighted by atomic mass is 10.1. The van der Waals surface area contributed by atoms with E-state index >= 15 is 0 Å². The van der Waals surface area contributed by atoms with Crippen molar-refractivity contribution in [1.82, 2.24) is 4.98 Å². The Morgan fingerprint density at radius 3 is 2.39 bits per heavy atom. The van der Waals surface area contributed by atoms with Crippen LogP contribution in [0.5, 0.6) is 5.75 Å². The second kappa shape index (κ2) is 7.44. The van der Waals surface area contributed by atoms with E-state index in [0.29, 0.717) is 11.3 Å². The zero-order valence-corrected chi connectivity index (χ0v) is 16.2. The Labute approximate surface area is 164 Å². The molecule has 0 aliphatic carbocycles. The third kappa shape index (κ3) is 3.62. The summed E-state index contributed by atoms with van der Waals surface area (Å²) in [5.41, 5.74) is 3.27. The van der Waals surface area contributed by atoms with E-state index in [1.54, 1.807) is 18.3 Å². The molecular weight excluding hydrogens is 370 g/mol. The standard InChI is InChI=1S/C23H19NO3S/c1-27-22-12-11-19(18-7-3-2-4-8-18)14-23(22)28(25,26)16-17-13-20-9-5-6-10-21(20)24-15-17/h2-15H,16H2,1H3. The summed E-state index contributed by atoms with van der Waals surface area (Å²) in [4.78, 5) is 4.56. The summed E-state index contributed by atoms with van der Waals surface area (Å²) in [6.07, 6.45) is 1.62. The van der Waals surface area contributed by atoms with Gasteiger partial charge in [-0.05, 0) is 41.0 Å². The molecule has 0 fully saturated rings. The average Bonchev–Trinajstić information content (AvgIpc) is 2.73. The van der Waals surface area contributed by atoms with Crippen molar-refractivity contribution in [3.05, 3.63) is 90.6 Å². The van der Waals surface area contributed by atoms with Gasteiger partial charge in [0.2, 0.25) is 0 Å². The van der Waals surface area contributed by atoms with Gasteiger partial charge < -0.3 is 4.74 Å². The number of sulfone groups is 1. The maximum absolute atomic E-state index is 13.2. The fraction of sp³-hybridized carbons (Fsp3) is 0.0870. The van der Waals surface area contributed by atoms with E-state index < -0.39 is 9.84 Å². The number of benzene rings is 3. The molecule has 1 heterocycles. The first-order chi connectivity index (χ1) is 13.6. The third-order valence-corrected chi connectivity index (χ3v) is 6.31. The maximum atomic E-state index is 13.2. The van der Waals surface area contributed by atoms with Gasteiger partial charge in [-0.25, -0.2) is 8.42 Å². The quantitative estimate of drug-likeness (QED) is 0.488. The first-order valence-corrected chi connectivity index (χ1v) is 10.5. The highest BCUT2D eigenvalue weighted by Crippen LogP contribution is 2.32. The van der Waals surface area contributed by atoms with Crippen LogP contribution in [0.25, 0.3) is 22.0 Å². The van der Waals surface area contributed by atoms with Crippen molar-refractivity contribution < 1.29 is 13.2 Å². The third-order valence-electron chi connectivity index (χ3n) is 4.61. The van der Waals surface area contributed by atoms with Crippen molar-refractivity contribution in [1.29, 1.82) is 0 Å². The van der Waals surface area contributed by atoms with Gasteiger partial charge in [-0.3, -0.25) is 4.98 Å². The lowest BCUT2D eigenvalue weighted by molar-refractivity contribution is 0.403. The van der Waals surface area contributed by atoms with Crippen LogP contribution in [0.2, 0.25) is 0 Å². The lowest BCUT2D eigenvalue weighted by Gasteiger charge is -2.12. The number of pyridine rings is 1. The highest BCUT2D eigenvalue weighted by Gasteiger charge is 2.21. The van der Waals surface area contributed by atoms with Crippen LogP contribution in [0.3, 0.4) is 0 Å². The summed E-state index contributed by atoms with van der Waals surface area (Å²) in [6, 6.07) is 24.4. The van der Waals surface area contributed by atoms with Crippen LogP contribution in [0.4, 0.5) is 0 Å². The Morgan fingerprint density at radius 1 is 0.857 bits per heavy atom. The first kappa shape index (κ1) is 18.2. The van der Waals surface area contributed by atoms with Gasteiger partial charge >= 0.3 is 0 Å². The van der Waals surface area contributed by atoms with Crippen molar-refractivity contribution >= 4 is 20.7 Å². The number of methoxy groups -OCH3 is 1. The largest absolute Gasteiger partial charge is 0.495 e. The summed E-state index contributed by atoms with van der Waals surface area (Å²) in [5.74, 6) is 0.202. The lowest BCUT2D eigenvalue weighted by Crippen LogP contribution is -2.07. The Hall–Kier alpha value is -3.18. The Morgan fingerprint density at radius 2 is 1.61 bits per heavy atom. The topological polar surface area (TPSA) is 56.3 Å². The van der Waals surface area contributed by atoms with Crippen molar-refractivity contribution in [2.75, 3.05) is 7.11 Å². The zero-order chi connectivity index (χ0) is 19.6. The van der Waals surface area contributed by atoms with Crippen LogP contribution in [-0.2, 0) is 15.6 Å². The van der Waals surface area contributed by atoms with Crippen molar-refractivity contribution in [2.24, 2.45) is 0 Å². The van der Waals surface area contributed by atoms with E-state index in [-0.39, 0.29) is 10.6 Å². The van der Waals surface area contributed by atoms with Crippen LogP contribution in [0.1, 0.15) is 5.56 Å². The Balaban J connectivity index is 1.75. The molecular formula is C23H19NO3S. The molecule has 0 N–H and O–H groups in total. The summed E-state index contributed by atoms with van der Waals surface area (Å²) in [7, 11) is -2.14. The molecule has 0 spiro atoms. The number of hydrogen-bond donors (Lipinski definition) is 0. The monoisotopic (exact) mass is 389 g/mol. The second-order valence-electron chi connectivity index (χ2n) is 6.53. The van der Waals surface area contributed by atoms with E-state index in [1.807, 2.05) is 66.7 Å². The normalized spacial score (nSPS) is 11.5. The van der Waals surface area contributed by atoms with Crippen LogP contribution in [0, 0.1) is 0 Å². The van der Waals surface area contributed by atoms with Gasteiger partial charge in [-0.1, -0.05) is 54.6 Å². The van der Waals surface area contributed by atoms with Gasteiger partial charge in [0.1, 0.15) is 10.6 Å². The summed E-state index contributed by atoms with van der Waals surface area (Å²) < 4.78 is 31.7. The molecule has 0 amide bonds.